The summed E-state index contributed by atoms with van der Waals surface area (Å²) >= 11 is 7.37. The van der Waals surface area contributed by atoms with Crippen LogP contribution in [0, 0.1) is 6.92 Å². The van der Waals surface area contributed by atoms with E-state index in [1.807, 2.05) is 26.2 Å². The zero-order chi connectivity index (χ0) is 13.5. The molecule has 0 bridgehead atoms. The Kier molecular flexibility index (Phi) is 6.63. The highest BCUT2D eigenvalue weighted by Crippen LogP contribution is 2.26. The zero-order valence-electron chi connectivity index (χ0n) is 10.8. The normalized spacial score (nSPS) is 10.9. The summed E-state index contributed by atoms with van der Waals surface area (Å²) in [6, 6.07) is 0. The van der Waals surface area contributed by atoms with Crippen LogP contribution < -0.4 is 5.32 Å². The molecule has 1 rings (SSSR count). The maximum atomic E-state index is 11.9. The average molecular weight is 292 g/mol. The van der Waals surface area contributed by atoms with Gasteiger partial charge in [-0.25, -0.2) is 0 Å². The third-order valence-electron chi connectivity index (χ3n) is 2.24. The van der Waals surface area contributed by atoms with E-state index in [1.54, 1.807) is 0 Å². The molecule has 1 heterocycles. The Morgan fingerprint density at radius 1 is 1.44 bits per heavy atom. The Bertz CT molecular complexity index is 389. The zero-order valence-corrected chi connectivity index (χ0v) is 12.4. The first kappa shape index (κ1) is 15.4. The lowest BCUT2D eigenvalue weighted by atomic mass is 10.3. The van der Waals surface area contributed by atoms with Crippen molar-refractivity contribution >= 4 is 28.8 Å². The molecule has 0 unspecified atom stereocenters. The number of hydrogen-bond acceptors (Lipinski definition) is 4. The van der Waals surface area contributed by atoms with E-state index in [-0.39, 0.29) is 5.91 Å². The number of halogens is 1. The summed E-state index contributed by atoms with van der Waals surface area (Å²) in [5.41, 5.74) is 0.915. The van der Waals surface area contributed by atoms with Crippen molar-refractivity contribution in [1.29, 1.82) is 0 Å². The Morgan fingerprint density at radius 3 is 2.50 bits per heavy atom. The van der Waals surface area contributed by atoms with Gasteiger partial charge in [0, 0.05) is 13.2 Å². The van der Waals surface area contributed by atoms with E-state index < -0.39 is 6.29 Å². The second-order valence-corrected chi connectivity index (χ2v) is 4.87. The first-order valence-corrected chi connectivity index (χ1v) is 7.10. The maximum absolute atomic E-state index is 11.9. The van der Waals surface area contributed by atoms with Crippen LogP contribution in [0.5, 0.6) is 0 Å². The molecule has 1 amide bonds. The third kappa shape index (κ3) is 4.24. The third-order valence-corrected chi connectivity index (χ3v) is 3.94. The molecule has 0 aliphatic rings. The quantitative estimate of drug-likeness (QED) is 0.786. The van der Waals surface area contributed by atoms with Crippen LogP contribution in [0.1, 0.15) is 29.1 Å². The Morgan fingerprint density at radius 2 is 2.06 bits per heavy atom. The van der Waals surface area contributed by atoms with Gasteiger partial charge < -0.3 is 14.8 Å². The molecule has 0 aliphatic carbocycles. The van der Waals surface area contributed by atoms with E-state index in [0.717, 1.165) is 5.56 Å². The summed E-state index contributed by atoms with van der Waals surface area (Å²) in [6.45, 7) is 7.03. The molecule has 4 nitrogen and oxygen atoms in total. The fraction of sp³-hybridized carbons (Fsp3) is 0.583. The standard InChI is InChI=1S/C12H18ClNO3S/c1-4-16-9(17-5-2)6-14-12(15)11-10(13)8(3)7-18-11/h7,9H,4-6H2,1-3H3,(H,14,15). The van der Waals surface area contributed by atoms with Crippen molar-refractivity contribution in [2.75, 3.05) is 19.8 Å². The lowest BCUT2D eigenvalue weighted by Crippen LogP contribution is -2.35. The molecular formula is C12H18ClNO3S. The number of thiophene rings is 1. The molecule has 1 aromatic heterocycles. The molecule has 0 aromatic carbocycles. The molecule has 18 heavy (non-hydrogen) atoms. The number of nitrogens with one attached hydrogen (secondary N) is 1. The van der Waals surface area contributed by atoms with Gasteiger partial charge in [-0.1, -0.05) is 11.6 Å². The van der Waals surface area contributed by atoms with Crippen LogP contribution in [0.3, 0.4) is 0 Å². The van der Waals surface area contributed by atoms with Crippen LogP contribution in [0.25, 0.3) is 0 Å². The number of aryl methyl sites for hydroxylation is 1. The highest BCUT2D eigenvalue weighted by molar-refractivity contribution is 7.13. The van der Waals surface area contributed by atoms with Crippen molar-refractivity contribution in [2.45, 2.75) is 27.1 Å². The monoisotopic (exact) mass is 291 g/mol. The Hall–Kier alpha value is -0.620. The first-order valence-electron chi connectivity index (χ1n) is 5.85. The van der Waals surface area contributed by atoms with Crippen LogP contribution in [0.15, 0.2) is 5.38 Å². The predicted molar refractivity (Wildman–Crippen MR) is 73.4 cm³/mol. The summed E-state index contributed by atoms with van der Waals surface area (Å²) in [7, 11) is 0. The number of hydrogen-bond donors (Lipinski definition) is 1. The molecule has 102 valence electrons. The van der Waals surface area contributed by atoms with Gasteiger partial charge >= 0.3 is 0 Å². The van der Waals surface area contributed by atoms with Crippen LogP contribution >= 0.6 is 22.9 Å². The fourth-order valence-electron chi connectivity index (χ4n) is 1.38. The van der Waals surface area contributed by atoms with Gasteiger partial charge in [0.05, 0.1) is 11.6 Å². The van der Waals surface area contributed by atoms with Crippen LogP contribution in [0.2, 0.25) is 5.02 Å². The minimum absolute atomic E-state index is 0.192. The predicted octanol–water partition coefficient (Wildman–Crippen LogP) is 2.84. The number of carbonyl (C=O) groups excluding carboxylic acids is 1. The van der Waals surface area contributed by atoms with Gasteiger partial charge in [-0.05, 0) is 31.7 Å². The van der Waals surface area contributed by atoms with Crippen LogP contribution in [-0.2, 0) is 9.47 Å². The van der Waals surface area contributed by atoms with E-state index in [9.17, 15) is 4.79 Å². The lowest BCUT2D eigenvalue weighted by Gasteiger charge is -2.17. The molecule has 0 atom stereocenters. The molecule has 1 aromatic rings. The number of rotatable bonds is 7. The summed E-state index contributed by atoms with van der Waals surface area (Å²) in [5, 5.41) is 5.14. The topological polar surface area (TPSA) is 47.6 Å². The molecule has 0 aliphatic heterocycles. The Labute approximate surface area is 116 Å². The van der Waals surface area contributed by atoms with E-state index in [4.69, 9.17) is 21.1 Å². The summed E-state index contributed by atoms with van der Waals surface area (Å²) in [6.07, 6.45) is -0.413. The van der Waals surface area contributed by atoms with Crippen LogP contribution in [-0.4, -0.2) is 32.0 Å². The summed E-state index contributed by atoms with van der Waals surface area (Å²) in [5.74, 6) is -0.192. The van der Waals surface area contributed by atoms with Gasteiger partial charge in [0.1, 0.15) is 4.88 Å². The largest absolute Gasteiger partial charge is 0.351 e. The van der Waals surface area contributed by atoms with E-state index >= 15 is 0 Å². The Balaban J connectivity index is 2.51. The van der Waals surface area contributed by atoms with Crippen molar-refractivity contribution in [1.82, 2.24) is 5.32 Å². The van der Waals surface area contributed by atoms with Gasteiger partial charge in [-0.15, -0.1) is 11.3 Å². The molecule has 1 N–H and O–H groups in total. The van der Waals surface area contributed by atoms with Crippen molar-refractivity contribution < 1.29 is 14.3 Å². The van der Waals surface area contributed by atoms with Crippen molar-refractivity contribution in [3.63, 3.8) is 0 Å². The smallest absolute Gasteiger partial charge is 0.263 e. The minimum atomic E-state index is -0.413. The molecule has 0 saturated heterocycles. The van der Waals surface area contributed by atoms with Crippen molar-refractivity contribution in [3.8, 4) is 0 Å². The van der Waals surface area contributed by atoms with Crippen molar-refractivity contribution in [2.24, 2.45) is 0 Å². The minimum Gasteiger partial charge on any atom is -0.351 e. The molecule has 0 fully saturated rings. The van der Waals surface area contributed by atoms with E-state index in [0.29, 0.717) is 29.7 Å². The maximum Gasteiger partial charge on any atom is 0.263 e. The van der Waals surface area contributed by atoms with E-state index in [1.165, 1.54) is 11.3 Å². The second kappa shape index (κ2) is 7.74. The van der Waals surface area contributed by atoms with E-state index in [2.05, 4.69) is 5.32 Å². The second-order valence-electron chi connectivity index (χ2n) is 3.61. The van der Waals surface area contributed by atoms with Crippen LogP contribution in [0.4, 0.5) is 0 Å². The molecule has 0 spiro atoms. The first-order chi connectivity index (χ1) is 8.60. The molecular weight excluding hydrogens is 274 g/mol. The van der Waals surface area contributed by atoms with Gasteiger partial charge in [-0.3, -0.25) is 4.79 Å². The number of amides is 1. The fourth-order valence-corrected chi connectivity index (χ4v) is 2.57. The highest BCUT2D eigenvalue weighted by Gasteiger charge is 2.16. The average Bonchev–Trinajstić information content (AvgIpc) is 2.67. The molecule has 0 saturated carbocycles. The number of ether oxygens (including phenoxy) is 2. The van der Waals surface area contributed by atoms with Gasteiger partial charge in [0.25, 0.3) is 5.91 Å². The summed E-state index contributed by atoms with van der Waals surface area (Å²) in [4.78, 5) is 12.4. The summed E-state index contributed by atoms with van der Waals surface area (Å²) < 4.78 is 10.7. The SMILES string of the molecule is CCOC(CNC(=O)c1scc(C)c1Cl)OCC. The van der Waals surface area contributed by atoms with Gasteiger partial charge in [0.2, 0.25) is 0 Å². The molecule has 0 radical (unpaired) electrons. The van der Waals surface area contributed by atoms with Gasteiger partial charge in [0.15, 0.2) is 6.29 Å². The highest BCUT2D eigenvalue weighted by atomic mass is 35.5. The number of carbonyl (C=O) groups is 1. The molecule has 6 heteroatoms. The van der Waals surface area contributed by atoms with Crippen molar-refractivity contribution in [3.05, 3.63) is 20.8 Å². The van der Waals surface area contributed by atoms with Gasteiger partial charge in [-0.2, -0.15) is 0 Å². The lowest BCUT2D eigenvalue weighted by molar-refractivity contribution is -0.131.